The van der Waals surface area contributed by atoms with Crippen LogP contribution in [0.5, 0.6) is 11.5 Å². The van der Waals surface area contributed by atoms with Crippen LogP contribution in [0.25, 0.3) is 11.6 Å². The molecule has 2 aromatic heterocycles. The Morgan fingerprint density at radius 3 is 2.84 bits per heavy atom. The zero-order chi connectivity index (χ0) is 17.1. The lowest BCUT2D eigenvalue weighted by Gasteiger charge is -2.22. The van der Waals surface area contributed by atoms with Crippen LogP contribution in [-0.2, 0) is 6.54 Å². The summed E-state index contributed by atoms with van der Waals surface area (Å²) in [6.45, 7) is 3.77. The quantitative estimate of drug-likeness (QED) is 0.736. The molecule has 1 N–H and O–H groups in total. The van der Waals surface area contributed by atoms with Crippen molar-refractivity contribution >= 4 is 0 Å². The van der Waals surface area contributed by atoms with Gasteiger partial charge in [-0.2, -0.15) is 4.98 Å². The summed E-state index contributed by atoms with van der Waals surface area (Å²) in [5, 5.41) is 7.38. The summed E-state index contributed by atoms with van der Waals surface area (Å²) >= 11 is 0. The molecule has 1 atom stereocenters. The Balaban J connectivity index is 1.44. The van der Waals surface area contributed by atoms with Crippen molar-refractivity contribution in [1.82, 2.24) is 15.5 Å². The summed E-state index contributed by atoms with van der Waals surface area (Å²) in [5.41, 5.74) is 1.14. The minimum Gasteiger partial charge on any atom is -0.486 e. The van der Waals surface area contributed by atoms with Crippen LogP contribution < -0.4 is 14.8 Å². The highest BCUT2D eigenvalue weighted by Crippen LogP contribution is 2.33. The zero-order valence-corrected chi connectivity index (χ0v) is 13.9. The molecule has 25 heavy (non-hydrogen) atoms. The van der Waals surface area contributed by atoms with Crippen molar-refractivity contribution in [3.63, 3.8) is 0 Å². The first-order valence-corrected chi connectivity index (χ1v) is 8.33. The number of hydrogen-bond acceptors (Lipinski definition) is 7. The lowest BCUT2D eigenvalue weighted by Crippen LogP contribution is -2.21. The van der Waals surface area contributed by atoms with Gasteiger partial charge < -0.3 is 23.7 Å². The predicted octanol–water partition coefficient (Wildman–Crippen LogP) is 3.34. The SMILES string of the molecule is CCC(NCc1nc(-c2ccco2)no1)c1ccc2c(c1)OCCO2. The number of aromatic nitrogens is 2. The smallest absolute Gasteiger partial charge is 0.241 e. The van der Waals surface area contributed by atoms with Gasteiger partial charge in [-0.15, -0.1) is 0 Å². The summed E-state index contributed by atoms with van der Waals surface area (Å²) < 4.78 is 21.8. The van der Waals surface area contributed by atoms with Gasteiger partial charge in [0, 0.05) is 6.04 Å². The van der Waals surface area contributed by atoms with E-state index >= 15 is 0 Å². The van der Waals surface area contributed by atoms with Gasteiger partial charge in [0.05, 0.1) is 12.8 Å². The Kier molecular flexibility index (Phi) is 4.39. The number of furan rings is 1. The van der Waals surface area contributed by atoms with Crippen LogP contribution in [0.1, 0.15) is 30.8 Å². The molecule has 7 heteroatoms. The lowest BCUT2D eigenvalue weighted by molar-refractivity contribution is 0.171. The monoisotopic (exact) mass is 341 g/mol. The number of rotatable bonds is 6. The van der Waals surface area contributed by atoms with Crippen LogP contribution in [-0.4, -0.2) is 23.4 Å². The molecule has 0 saturated carbocycles. The third-order valence-corrected chi connectivity index (χ3v) is 4.09. The van der Waals surface area contributed by atoms with Gasteiger partial charge in [0.25, 0.3) is 0 Å². The summed E-state index contributed by atoms with van der Waals surface area (Å²) in [6, 6.07) is 9.77. The van der Waals surface area contributed by atoms with Crippen molar-refractivity contribution in [2.24, 2.45) is 0 Å². The molecule has 0 aliphatic carbocycles. The molecule has 0 saturated heterocycles. The van der Waals surface area contributed by atoms with E-state index in [0.717, 1.165) is 23.5 Å². The van der Waals surface area contributed by atoms with E-state index in [1.165, 1.54) is 0 Å². The van der Waals surface area contributed by atoms with Crippen LogP contribution in [0.2, 0.25) is 0 Å². The first kappa shape index (κ1) is 15.7. The van der Waals surface area contributed by atoms with Gasteiger partial charge in [0.1, 0.15) is 13.2 Å². The van der Waals surface area contributed by atoms with Crippen LogP contribution in [0.15, 0.2) is 45.5 Å². The van der Waals surface area contributed by atoms with Crippen LogP contribution in [0.4, 0.5) is 0 Å². The average molecular weight is 341 g/mol. The number of ether oxygens (including phenoxy) is 2. The molecular weight excluding hydrogens is 322 g/mol. The largest absolute Gasteiger partial charge is 0.486 e. The van der Waals surface area contributed by atoms with Crippen molar-refractivity contribution in [2.45, 2.75) is 25.9 Å². The van der Waals surface area contributed by atoms with E-state index in [9.17, 15) is 0 Å². The standard InChI is InChI=1S/C18H19N3O4/c1-2-13(12-5-6-14-16(10-12)24-9-8-23-14)19-11-17-20-18(21-25-17)15-4-3-7-22-15/h3-7,10,13,19H,2,8-9,11H2,1H3. The fraction of sp³-hybridized carbons (Fsp3) is 0.333. The molecule has 0 radical (unpaired) electrons. The Bertz CT molecular complexity index is 829. The molecule has 3 heterocycles. The Hall–Kier alpha value is -2.80. The van der Waals surface area contributed by atoms with Crippen molar-refractivity contribution in [3.8, 4) is 23.1 Å². The van der Waals surface area contributed by atoms with Crippen LogP contribution >= 0.6 is 0 Å². The number of nitrogens with one attached hydrogen (secondary N) is 1. The fourth-order valence-corrected chi connectivity index (χ4v) is 2.82. The highest BCUT2D eigenvalue weighted by molar-refractivity contribution is 5.45. The highest BCUT2D eigenvalue weighted by Gasteiger charge is 2.17. The van der Waals surface area contributed by atoms with E-state index in [1.807, 2.05) is 12.1 Å². The molecule has 3 aromatic rings. The maximum atomic E-state index is 5.66. The molecule has 1 unspecified atom stereocenters. The topological polar surface area (TPSA) is 82.6 Å². The normalized spacial score (nSPS) is 14.4. The van der Waals surface area contributed by atoms with Crippen LogP contribution in [0, 0.1) is 0 Å². The van der Waals surface area contributed by atoms with Gasteiger partial charge in [-0.1, -0.05) is 18.1 Å². The fourth-order valence-electron chi connectivity index (χ4n) is 2.82. The first-order valence-electron chi connectivity index (χ1n) is 8.33. The second kappa shape index (κ2) is 6.98. The Morgan fingerprint density at radius 1 is 1.16 bits per heavy atom. The van der Waals surface area contributed by atoms with Gasteiger partial charge in [0.2, 0.25) is 11.7 Å². The van der Waals surface area contributed by atoms with Gasteiger partial charge in [-0.05, 0) is 36.2 Å². The third kappa shape index (κ3) is 3.36. The lowest BCUT2D eigenvalue weighted by atomic mass is 10.0. The van der Waals surface area contributed by atoms with E-state index in [4.69, 9.17) is 18.4 Å². The second-order valence-electron chi connectivity index (χ2n) is 5.73. The van der Waals surface area contributed by atoms with Gasteiger partial charge >= 0.3 is 0 Å². The van der Waals surface area contributed by atoms with E-state index in [2.05, 4.69) is 28.4 Å². The molecule has 1 aliphatic rings. The summed E-state index contributed by atoms with van der Waals surface area (Å²) in [4.78, 5) is 4.34. The average Bonchev–Trinajstić information content (AvgIpc) is 3.33. The van der Waals surface area contributed by atoms with Gasteiger partial charge in [0.15, 0.2) is 17.3 Å². The van der Waals surface area contributed by atoms with E-state index in [1.54, 1.807) is 18.4 Å². The molecule has 0 fully saturated rings. The summed E-state index contributed by atoms with van der Waals surface area (Å²) in [5.74, 6) is 3.15. The molecule has 4 rings (SSSR count). The molecule has 1 aromatic carbocycles. The minimum atomic E-state index is 0.148. The third-order valence-electron chi connectivity index (χ3n) is 4.09. The molecular formula is C18H19N3O4. The minimum absolute atomic E-state index is 0.148. The molecule has 7 nitrogen and oxygen atoms in total. The Morgan fingerprint density at radius 2 is 2.04 bits per heavy atom. The van der Waals surface area contributed by atoms with E-state index in [-0.39, 0.29) is 6.04 Å². The maximum Gasteiger partial charge on any atom is 0.241 e. The van der Waals surface area contributed by atoms with Gasteiger partial charge in [-0.3, -0.25) is 0 Å². The number of fused-ring (bicyclic) bond motifs is 1. The van der Waals surface area contributed by atoms with Crippen molar-refractivity contribution in [1.29, 1.82) is 0 Å². The van der Waals surface area contributed by atoms with Crippen molar-refractivity contribution in [3.05, 3.63) is 48.0 Å². The molecule has 1 aliphatic heterocycles. The second-order valence-corrected chi connectivity index (χ2v) is 5.73. The van der Waals surface area contributed by atoms with E-state index in [0.29, 0.717) is 37.2 Å². The molecule has 0 amide bonds. The zero-order valence-electron chi connectivity index (χ0n) is 13.9. The van der Waals surface area contributed by atoms with Gasteiger partial charge in [-0.25, -0.2) is 0 Å². The number of benzene rings is 1. The molecule has 0 spiro atoms. The summed E-state index contributed by atoms with van der Waals surface area (Å²) in [6.07, 6.45) is 2.50. The summed E-state index contributed by atoms with van der Waals surface area (Å²) in [7, 11) is 0. The van der Waals surface area contributed by atoms with Crippen molar-refractivity contribution < 1.29 is 18.4 Å². The maximum absolute atomic E-state index is 5.66. The first-order chi connectivity index (χ1) is 12.3. The predicted molar refractivity (Wildman–Crippen MR) is 89.3 cm³/mol. The Labute approximate surface area is 144 Å². The highest BCUT2D eigenvalue weighted by atomic mass is 16.6. The van der Waals surface area contributed by atoms with Crippen molar-refractivity contribution in [2.75, 3.05) is 13.2 Å². The number of nitrogens with zero attached hydrogens (tertiary/aromatic N) is 2. The van der Waals surface area contributed by atoms with E-state index < -0.39 is 0 Å². The molecule has 130 valence electrons. The van der Waals surface area contributed by atoms with Crippen LogP contribution in [0.3, 0.4) is 0 Å². The number of hydrogen-bond donors (Lipinski definition) is 1. The molecule has 0 bridgehead atoms.